The molecule has 1 heterocycles. The first kappa shape index (κ1) is 16.8. The lowest BCUT2D eigenvalue weighted by molar-refractivity contribution is 0.441. The van der Waals surface area contributed by atoms with Crippen molar-refractivity contribution in [2.45, 2.75) is 26.2 Å². The molecule has 1 aromatic heterocycles. The molecular formula is C20H20N2O3. The van der Waals surface area contributed by atoms with Gasteiger partial charge < -0.3 is 5.11 Å². The highest BCUT2D eigenvalue weighted by atomic mass is 16.3. The molecule has 3 rings (SSSR count). The third-order valence-corrected chi connectivity index (χ3v) is 4.11. The van der Waals surface area contributed by atoms with Crippen LogP contribution in [0.2, 0.25) is 0 Å². The van der Waals surface area contributed by atoms with Crippen LogP contribution in [0.15, 0.2) is 70.3 Å². The number of aromatic hydroxyl groups is 1. The quantitative estimate of drug-likeness (QED) is 0.779. The normalized spacial score (nSPS) is 10.8. The molecule has 5 heteroatoms. The number of rotatable bonds is 5. The zero-order valence-electron chi connectivity index (χ0n) is 14.1. The average Bonchev–Trinajstić information content (AvgIpc) is 2.66. The van der Waals surface area contributed by atoms with Crippen LogP contribution in [0.5, 0.6) is 5.75 Å². The Labute approximate surface area is 145 Å². The van der Waals surface area contributed by atoms with E-state index in [0.29, 0.717) is 17.8 Å². The van der Waals surface area contributed by atoms with Crippen molar-refractivity contribution in [2.75, 3.05) is 0 Å². The van der Waals surface area contributed by atoms with Crippen LogP contribution in [-0.4, -0.2) is 14.5 Å². The number of hydrogen-bond acceptors (Lipinski definition) is 3. The molecule has 0 amide bonds. The first-order valence-corrected chi connectivity index (χ1v) is 8.36. The summed E-state index contributed by atoms with van der Waals surface area (Å²) in [6, 6.07) is 17.8. The van der Waals surface area contributed by atoms with Gasteiger partial charge in [0.15, 0.2) is 5.75 Å². The molecule has 0 saturated carbocycles. The van der Waals surface area contributed by atoms with Gasteiger partial charge in [-0.05, 0) is 37.1 Å². The summed E-state index contributed by atoms with van der Waals surface area (Å²) in [5.74, 6) is -0.463. The lowest BCUT2D eigenvalue weighted by atomic mass is 10.1. The van der Waals surface area contributed by atoms with Crippen molar-refractivity contribution in [3.8, 4) is 17.1 Å². The fraction of sp³-hybridized carbons (Fsp3) is 0.200. The van der Waals surface area contributed by atoms with Crippen LogP contribution in [-0.2, 0) is 6.42 Å². The van der Waals surface area contributed by atoms with Gasteiger partial charge >= 0.3 is 5.56 Å². The zero-order valence-corrected chi connectivity index (χ0v) is 14.1. The Bertz CT molecular complexity index is 974. The summed E-state index contributed by atoms with van der Waals surface area (Å²) in [7, 11) is 0. The van der Waals surface area contributed by atoms with E-state index in [2.05, 4.69) is 0 Å². The summed E-state index contributed by atoms with van der Waals surface area (Å²) in [6.07, 6.45) is 1.97. The second-order valence-electron chi connectivity index (χ2n) is 5.84. The predicted octanol–water partition coefficient (Wildman–Crippen LogP) is 3.04. The van der Waals surface area contributed by atoms with Gasteiger partial charge in [-0.1, -0.05) is 49.7 Å². The Morgan fingerprint density at radius 2 is 1.28 bits per heavy atom. The van der Waals surface area contributed by atoms with E-state index in [9.17, 15) is 14.7 Å². The van der Waals surface area contributed by atoms with E-state index in [0.717, 1.165) is 12.8 Å². The molecule has 0 saturated heterocycles. The van der Waals surface area contributed by atoms with Crippen molar-refractivity contribution in [1.82, 2.24) is 9.36 Å². The highest BCUT2D eigenvalue weighted by Gasteiger charge is 2.20. The van der Waals surface area contributed by atoms with Crippen LogP contribution in [0, 0.1) is 0 Å². The third-order valence-electron chi connectivity index (χ3n) is 4.11. The molecule has 0 radical (unpaired) electrons. The van der Waals surface area contributed by atoms with Gasteiger partial charge in [0.05, 0.1) is 16.9 Å². The monoisotopic (exact) mass is 336 g/mol. The molecule has 0 aliphatic carbocycles. The predicted molar refractivity (Wildman–Crippen MR) is 97.9 cm³/mol. The molecule has 2 aromatic carbocycles. The highest BCUT2D eigenvalue weighted by Crippen LogP contribution is 2.15. The second-order valence-corrected chi connectivity index (χ2v) is 5.84. The van der Waals surface area contributed by atoms with E-state index in [1.807, 2.05) is 19.1 Å². The van der Waals surface area contributed by atoms with Crippen LogP contribution in [0.3, 0.4) is 0 Å². The largest absolute Gasteiger partial charge is 0.503 e. The second kappa shape index (κ2) is 7.21. The minimum absolute atomic E-state index is 0.169. The summed E-state index contributed by atoms with van der Waals surface area (Å²) in [5.41, 5.74) is 0.293. The Kier molecular flexibility index (Phi) is 4.84. The number of aromatic nitrogens is 2. The van der Waals surface area contributed by atoms with E-state index >= 15 is 0 Å². The number of hydrogen-bond donors (Lipinski definition) is 1. The molecule has 0 spiro atoms. The summed E-state index contributed by atoms with van der Waals surface area (Å²) >= 11 is 0. The van der Waals surface area contributed by atoms with Crippen LogP contribution in [0.1, 0.15) is 25.3 Å². The van der Waals surface area contributed by atoms with Crippen molar-refractivity contribution >= 4 is 0 Å². The standard InChI is InChI=1S/C20H20N2O3/c1-2-3-14-17-18(23)20(25)22(16-12-8-5-9-13-16)21(19(17)24)15-10-6-4-7-11-15/h4-13,23H,2-3,14H2,1H3. The fourth-order valence-corrected chi connectivity index (χ4v) is 2.82. The molecule has 0 unspecified atom stereocenters. The summed E-state index contributed by atoms with van der Waals surface area (Å²) in [4.78, 5) is 25.9. The van der Waals surface area contributed by atoms with E-state index < -0.39 is 11.3 Å². The van der Waals surface area contributed by atoms with E-state index in [-0.39, 0.29) is 11.1 Å². The van der Waals surface area contributed by atoms with Gasteiger partial charge in [-0.15, -0.1) is 0 Å². The smallest absolute Gasteiger partial charge is 0.312 e. The van der Waals surface area contributed by atoms with Gasteiger partial charge in [0.1, 0.15) is 0 Å². The summed E-state index contributed by atoms with van der Waals surface area (Å²) < 4.78 is 2.56. The summed E-state index contributed by atoms with van der Waals surface area (Å²) in [6.45, 7) is 2.00. The maximum atomic E-state index is 13.1. The Morgan fingerprint density at radius 3 is 1.76 bits per heavy atom. The zero-order chi connectivity index (χ0) is 17.8. The Balaban J connectivity index is 2.38. The molecule has 0 fully saturated rings. The molecule has 0 atom stereocenters. The minimum Gasteiger partial charge on any atom is -0.503 e. The molecule has 1 N–H and O–H groups in total. The maximum absolute atomic E-state index is 13.1. The van der Waals surface area contributed by atoms with Crippen molar-refractivity contribution < 1.29 is 5.11 Å². The number of para-hydroxylation sites is 2. The van der Waals surface area contributed by atoms with Gasteiger partial charge in [0, 0.05) is 0 Å². The molecule has 128 valence electrons. The van der Waals surface area contributed by atoms with Crippen molar-refractivity contribution in [1.29, 1.82) is 0 Å². The van der Waals surface area contributed by atoms with E-state index in [4.69, 9.17) is 0 Å². The van der Waals surface area contributed by atoms with Gasteiger partial charge in [-0.25, -0.2) is 9.36 Å². The lowest BCUT2D eigenvalue weighted by Crippen LogP contribution is -2.38. The van der Waals surface area contributed by atoms with Crippen LogP contribution >= 0.6 is 0 Å². The Hall–Kier alpha value is -3.08. The Morgan fingerprint density at radius 1 is 0.800 bits per heavy atom. The molecule has 25 heavy (non-hydrogen) atoms. The van der Waals surface area contributed by atoms with Crippen molar-refractivity contribution in [3.05, 3.63) is 86.9 Å². The molecule has 0 bridgehead atoms. The third kappa shape index (κ3) is 3.13. The molecule has 0 aliphatic heterocycles. The highest BCUT2D eigenvalue weighted by molar-refractivity contribution is 5.40. The van der Waals surface area contributed by atoms with Gasteiger partial charge in [0.2, 0.25) is 0 Å². The molecule has 5 nitrogen and oxygen atoms in total. The lowest BCUT2D eigenvalue weighted by Gasteiger charge is -2.18. The molecular weight excluding hydrogens is 316 g/mol. The minimum atomic E-state index is -0.597. The van der Waals surface area contributed by atoms with Gasteiger partial charge in [-0.3, -0.25) is 9.59 Å². The van der Waals surface area contributed by atoms with E-state index in [1.54, 1.807) is 48.5 Å². The van der Waals surface area contributed by atoms with Gasteiger partial charge in [0.25, 0.3) is 5.56 Å². The first-order valence-electron chi connectivity index (χ1n) is 8.36. The first-order chi connectivity index (χ1) is 12.1. The number of nitrogens with zero attached hydrogens (tertiary/aromatic N) is 2. The van der Waals surface area contributed by atoms with E-state index in [1.165, 1.54) is 9.36 Å². The van der Waals surface area contributed by atoms with Crippen LogP contribution < -0.4 is 11.1 Å². The number of benzene rings is 2. The number of unbranched alkanes of at least 4 members (excludes halogenated alkanes) is 1. The van der Waals surface area contributed by atoms with Crippen molar-refractivity contribution in [2.24, 2.45) is 0 Å². The van der Waals surface area contributed by atoms with Crippen molar-refractivity contribution in [3.63, 3.8) is 0 Å². The SMILES string of the molecule is CCCCc1c(O)c(=O)n(-c2ccccc2)n(-c2ccccc2)c1=O. The molecule has 0 aliphatic rings. The van der Waals surface area contributed by atoms with Gasteiger partial charge in [-0.2, -0.15) is 0 Å². The van der Waals surface area contributed by atoms with Crippen LogP contribution in [0.4, 0.5) is 0 Å². The van der Waals surface area contributed by atoms with Crippen LogP contribution in [0.25, 0.3) is 11.4 Å². The fourth-order valence-electron chi connectivity index (χ4n) is 2.82. The average molecular weight is 336 g/mol. The topological polar surface area (TPSA) is 64.2 Å². The summed E-state index contributed by atoms with van der Waals surface area (Å²) in [5, 5.41) is 10.4. The maximum Gasteiger partial charge on any atom is 0.312 e. The molecule has 3 aromatic rings.